The van der Waals surface area contributed by atoms with E-state index in [2.05, 4.69) is 315 Å². The Balaban J connectivity index is 0.000000111. The molecule has 0 aliphatic heterocycles. The predicted molar refractivity (Wildman–Crippen MR) is 397 cm³/mol. The minimum Gasteiger partial charge on any atom is -0.364 e. The van der Waals surface area contributed by atoms with Crippen molar-refractivity contribution >= 4 is 21.8 Å². The van der Waals surface area contributed by atoms with Crippen molar-refractivity contribution in [2.24, 2.45) is 0 Å². The highest BCUT2D eigenvalue weighted by Gasteiger charge is 2.43. The van der Waals surface area contributed by atoms with Gasteiger partial charge >= 0.3 is 0 Å². The Labute approximate surface area is 565 Å². The molecular formula is C90H84N4O2. The number of hydrogen-bond acceptors (Lipinski definition) is 2. The van der Waals surface area contributed by atoms with E-state index in [0.717, 1.165) is 25.7 Å². The van der Waals surface area contributed by atoms with Gasteiger partial charge in [0.05, 0.1) is 0 Å². The van der Waals surface area contributed by atoms with E-state index in [4.69, 9.17) is 9.47 Å². The van der Waals surface area contributed by atoms with Crippen LogP contribution in [0.5, 0.6) is 0 Å². The van der Waals surface area contributed by atoms with Crippen LogP contribution in [-0.2, 0) is 26.7 Å². The average Bonchev–Trinajstić information content (AvgIpc) is 1.58. The number of hydrogen-bond donors (Lipinski definition) is 4. The highest BCUT2D eigenvalue weighted by molar-refractivity contribution is 5.88. The van der Waals surface area contributed by atoms with Crippen molar-refractivity contribution in [2.45, 2.75) is 102 Å². The molecule has 0 radical (unpaired) electrons. The third-order valence-electron chi connectivity index (χ3n) is 21.4. The first kappa shape index (κ1) is 61.9. The Bertz CT molecular complexity index is 4740. The molecule has 4 aliphatic rings. The lowest BCUT2D eigenvalue weighted by molar-refractivity contribution is -0.140. The van der Waals surface area contributed by atoms with E-state index in [-0.39, 0.29) is 17.1 Å². The molecule has 0 unspecified atom stereocenters. The van der Waals surface area contributed by atoms with Crippen LogP contribution in [0.1, 0.15) is 143 Å². The first-order valence-corrected chi connectivity index (χ1v) is 34.5. The lowest BCUT2D eigenvalue weighted by atomic mass is 9.71. The van der Waals surface area contributed by atoms with Crippen LogP contribution in [0.2, 0.25) is 0 Å². The van der Waals surface area contributed by atoms with Crippen molar-refractivity contribution in [3.8, 4) is 44.5 Å². The quantitative estimate of drug-likeness (QED) is 0.0819. The summed E-state index contributed by atoms with van der Waals surface area (Å²) in [4.78, 5) is 14.7. The third kappa shape index (κ3) is 11.3. The van der Waals surface area contributed by atoms with Gasteiger partial charge < -0.3 is 29.4 Å². The summed E-state index contributed by atoms with van der Waals surface area (Å²) in [5.74, 6) is 1.07. The maximum absolute atomic E-state index is 5.75. The van der Waals surface area contributed by atoms with Gasteiger partial charge in [-0.15, -0.1) is 0 Å². The molecule has 0 spiro atoms. The molecule has 0 fully saturated rings. The molecule has 14 aromatic rings. The van der Waals surface area contributed by atoms with Crippen LogP contribution >= 0.6 is 0 Å². The molecule has 4 N–H and O–H groups in total. The Kier molecular flexibility index (Phi) is 17.1. The number of aromatic nitrogens is 4. The summed E-state index contributed by atoms with van der Waals surface area (Å²) >= 11 is 0. The maximum Gasteiger partial charge on any atom is 0.158 e. The van der Waals surface area contributed by atoms with Crippen molar-refractivity contribution in [1.29, 1.82) is 0 Å². The summed E-state index contributed by atoms with van der Waals surface area (Å²) in [6.07, 6.45) is 7.87. The molecule has 96 heavy (non-hydrogen) atoms. The molecule has 0 bridgehead atoms. The summed E-state index contributed by atoms with van der Waals surface area (Å²) in [6, 6.07) is 96.3. The minimum atomic E-state index is -0.249. The monoisotopic (exact) mass is 1250 g/mol. The lowest BCUT2D eigenvalue weighted by Gasteiger charge is -2.33. The molecular weight excluding hydrogens is 1170 g/mol. The molecule has 0 atom stereocenters. The van der Waals surface area contributed by atoms with Crippen molar-refractivity contribution in [3.05, 3.63) is 358 Å². The number of H-pyrrole nitrogens is 4. The van der Waals surface area contributed by atoms with Gasteiger partial charge in [0.15, 0.2) is 6.29 Å². The fourth-order valence-electron chi connectivity index (χ4n) is 16.8. The zero-order valence-electron chi connectivity index (χ0n) is 55.9. The molecule has 4 aromatic heterocycles. The number of nitrogens with one attached hydrogen (secondary N) is 4. The molecule has 476 valence electrons. The van der Waals surface area contributed by atoms with Gasteiger partial charge in [0, 0.05) is 105 Å². The molecule has 18 rings (SSSR count). The van der Waals surface area contributed by atoms with Crippen LogP contribution in [0.25, 0.3) is 66.3 Å². The van der Waals surface area contributed by atoms with Gasteiger partial charge in [-0.1, -0.05) is 231 Å². The van der Waals surface area contributed by atoms with Gasteiger partial charge in [-0.2, -0.15) is 0 Å². The van der Waals surface area contributed by atoms with E-state index < -0.39 is 0 Å². The highest BCUT2D eigenvalue weighted by Crippen LogP contribution is 2.55. The van der Waals surface area contributed by atoms with E-state index in [1.807, 2.05) is 26.2 Å². The average molecular weight is 1250 g/mol. The summed E-state index contributed by atoms with van der Waals surface area (Å²) < 4.78 is 11.5. The van der Waals surface area contributed by atoms with Crippen LogP contribution in [0.4, 0.5) is 0 Å². The summed E-state index contributed by atoms with van der Waals surface area (Å²) in [6.45, 7) is 14.7. The number of rotatable bonds is 14. The Hall–Kier alpha value is -10.2. The van der Waals surface area contributed by atoms with E-state index >= 15 is 0 Å². The number of aryl methyl sites for hydroxylation is 2. The van der Waals surface area contributed by atoms with E-state index in [9.17, 15) is 0 Å². The summed E-state index contributed by atoms with van der Waals surface area (Å²) in [7, 11) is 0. The second-order valence-electron chi connectivity index (χ2n) is 26.8. The van der Waals surface area contributed by atoms with Crippen molar-refractivity contribution < 1.29 is 9.47 Å². The summed E-state index contributed by atoms with van der Waals surface area (Å²) in [5.41, 5.74) is 32.4. The topological polar surface area (TPSA) is 81.6 Å². The van der Waals surface area contributed by atoms with Gasteiger partial charge in [0.2, 0.25) is 0 Å². The van der Waals surface area contributed by atoms with Crippen LogP contribution in [0.3, 0.4) is 0 Å². The van der Waals surface area contributed by atoms with Crippen molar-refractivity contribution in [2.75, 3.05) is 13.2 Å². The number of aromatic amines is 4. The molecule has 4 heterocycles. The number of para-hydroxylation sites is 2. The first-order valence-electron chi connectivity index (χ1n) is 34.5. The Morgan fingerprint density at radius 3 is 1.01 bits per heavy atom. The second-order valence-corrected chi connectivity index (χ2v) is 26.8. The number of benzene rings is 10. The maximum atomic E-state index is 5.75. The van der Waals surface area contributed by atoms with Crippen molar-refractivity contribution in [1.82, 2.24) is 19.9 Å². The van der Waals surface area contributed by atoms with Crippen molar-refractivity contribution in [3.63, 3.8) is 0 Å². The second kappa shape index (κ2) is 26.5. The van der Waals surface area contributed by atoms with Gasteiger partial charge in [-0.05, 0) is 197 Å². The van der Waals surface area contributed by atoms with Gasteiger partial charge in [0.25, 0.3) is 0 Å². The van der Waals surface area contributed by atoms with Crippen LogP contribution in [0, 0.1) is 13.8 Å². The number of fused-ring (bicyclic) bond motifs is 14. The summed E-state index contributed by atoms with van der Waals surface area (Å²) in [5, 5.41) is 2.61. The smallest absolute Gasteiger partial charge is 0.158 e. The van der Waals surface area contributed by atoms with E-state index in [0.29, 0.717) is 31.0 Å². The van der Waals surface area contributed by atoms with E-state index in [1.54, 1.807) is 0 Å². The normalized spacial score (nSPS) is 13.3. The van der Waals surface area contributed by atoms with Crippen LogP contribution < -0.4 is 0 Å². The van der Waals surface area contributed by atoms with Crippen LogP contribution in [0.15, 0.2) is 279 Å². The minimum absolute atomic E-state index is 0.109. The van der Waals surface area contributed by atoms with Gasteiger partial charge in [0.1, 0.15) is 0 Å². The molecule has 6 heteroatoms. The fourth-order valence-corrected chi connectivity index (χ4v) is 16.8. The predicted octanol–water partition coefficient (Wildman–Crippen LogP) is 22.5. The SMILES string of the molecule is CC(CC1c2ccccc2-c2ccccc21)(c1ccc[nH]1)c1ccc[nH]1.CCOC(CC1c2ccccc2-c2ccccc21)OCC.Cc1c(C(C)(CC2c3ccccc3-c3ccccc32)c2[nH]c3ccccc3c2C)[nH]c2ccccc12.c1ccc2c(c1)Cc1ccccc1-2. The molecule has 10 aromatic carbocycles. The highest BCUT2D eigenvalue weighted by atomic mass is 16.7. The standard InChI is InChI=1S/C34H30N2.C24H22N2.C19H22O2.C13H10/c1-21-23-12-8-10-18-30(23)35-32(21)34(3,33-22(2)24-13-9-11-19-31(24)36-33)20-29-27-16-6-4-14-25(27)26-15-5-7-17-28(26)29;1-24(22-12-6-14-25-22,23-13-7-15-26-23)16-21-19-10-4-2-8-17(19)18-9-3-5-11-20(18)21;1-3-20-19(21-4-2)13-18-16-11-7-5-9-14(16)15-10-6-8-12-17(15)18;1-3-7-12-10(5-1)9-11-6-2-4-8-13(11)12/h4-19,29,35-36H,20H2,1-3H3;2-15,21,25-26H,16H2,1H3;5-12,18-19H,3-4,13H2,1-2H3;1-8H,9H2. The Morgan fingerprint density at radius 2 is 0.667 bits per heavy atom. The first-order chi connectivity index (χ1) is 47.1. The molecule has 6 nitrogen and oxygen atoms in total. The molecule has 0 saturated heterocycles. The lowest BCUT2D eigenvalue weighted by Crippen LogP contribution is -2.29. The largest absolute Gasteiger partial charge is 0.364 e. The zero-order valence-corrected chi connectivity index (χ0v) is 55.9. The molecule has 0 saturated carbocycles. The van der Waals surface area contributed by atoms with E-state index in [1.165, 1.54) is 145 Å². The van der Waals surface area contributed by atoms with Gasteiger partial charge in [-0.3, -0.25) is 0 Å². The molecule has 0 amide bonds. The third-order valence-corrected chi connectivity index (χ3v) is 21.4. The zero-order chi connectivity index (χ0) is 65.3. The van der Waals surface area contributed by atoms with Crippen LogP contribution in [-0.4, -0.2) is 39.4 Å². The molecule has 4 aliphatic carbocycles. The number of ether oxygens (including phenoxy) is 2. The fraction of sp³-hybridized carbons (Fsp3) is 0.200. The Morgan fingerprint density at radius 1 is 0.354 bits per heavy atom. The van der Waals surface area contributed by atoms with Gasteiger partial charge in [-0.25, -0.2) is 0 Å².